The molecule has 2 aromatic heterocycles. The van der Waals surface area contributed by atoms with Crippen LogP contribution in [0.25, 0.3) is 22.6 Å². The fourth-order valence-corrected chi connectivity index (χ4v) is 14.4. The van der Waals surface area contributed by atoms with Gasteiger partial charge in [-0.25, -0.2) is 31.2 Å². The van der Waals surface area contributed by atoms with Gasteiger partial charge in [0, 0.05) is 28.6 Å². The average molecular weight is 1200 g/mol. The molecule has 0 saturated carbocycles. The zero-order valence-electron chi connectivity index (χ0n) is 46.8. The molecule has 24 heteroatoms. The number of esters is 2. The number of aliphatic hydroxyl groups is 1. The highest BCUT2D eigenvalue weighted by atomic mass is 32.2. The van der Waals surface area contributed by atoms with Gasteiger partial charge in [0.05, 0.1) is 29.1 Å². The second-order valence-electron chi connectivity index (χ2n) is 20.6. The van der Waals surface area contributed by atoms with E-state index < -0.39 is 100.0 Å². The van der Waals surface area contributed by atoms with Crippen LogP contribution in [0, 0.1) is 0 Å². The number of aromatic nitrogens is 2. The van der Waals surface area contributed by atoms with E-state index in [-0.39, 0.29) is 41.3 Å². The molecule has 10 rings (SSSR count). The number of anilines is 1. The van der Waals surface area contributed by atoms with Gasteiger partial charge in [-0.05, 0) is 97.0 Å². The Kier molecular flexibility index (Phi) is 18.8. The Morgan fingerprint density at radius 1 is 0.651 bits per heavy atom. The molecule has 0 bridgehead atoms. The molecule has 0 aliphatic carbocycles. The average Bonchev–Trinajstić information content (AvgIpc) is 1.57. The first kappa shape index (κ1) is 62.2. The van der Waals surface area contributed by atoms with Crippen LogP contribution < -0.4 is 5.32 Å². The maximum atomic E-state index is 13.8. The number of sulfone groups is 2. The number of β-lactam (4-membered cyclic amide) rings is 2. The minimum Gasteiger partial charge on any atom is -0.451 e. The molecule has 4 aromatic carbocycles. The Hall–Kier alpha value is -9.87. The van der Waals surface area contributed by atoms with Crippen LogP contribution in [-0.2, 0) is 53.1 Å². The number of aliphatic hydroxyl groups excluding tert-OH is 1. The third kappa shape index (κ3) is 12.2. The van der Waals surface area contributed by atoms with Crippen molar-refractivity contribution in [3.63, 3.8) is 0 Å². The van der Waals surface area contributed by atoms with E-state index >= 15 is 0 Å². The maximum absolute atomic E-state index is 13.8. The molecule has 4 aliphatic heterocycles. The lowest BCUT2D eigenvalue weighted by Gasteiger charge is -2.38. The molecule has 0 spiro atoms. The predicted molar refractivity (Wildman–Crippen MR) is 317 cm³/mol. The van der Waals surface area contributed by atoms with Crippen LogP contribution in [0.5, 0.6) is 0 Å². The quantitative estimate of drug-likeness (QED) is 0.0142. The van der Waals surface area contributed by atoms with Gasteiger partial charge in [0.1, 0.15) is 16.1 Å². The Morgan fingerprint density at radius 2 is 1.03 bits per heavy atom. The maximum Gasteiger partial charge on any atom is 0.411 e. The number of hydrogen-bond donors (Lipinski definition) is 2. The molecule has 0 unspecified atom stereocenters. The topological polar surface area (TPSA) is 312 Å². The van der Waals surface area contributed by atoms with Gasteiger partial charge in [-0.3, -0.25) is 29.7 Å². The number of azide groups is 1. The van der Waals surface area contributed by atoms with E-state index in [1.165, 1.54) is 88.7 Å². The van der Waals surface area contributed by atoms with Crippen molar-refractivity contribution in [2.45, 2.75) is 72.2 Å². The third-order valence-electron chi connectivity index (χ3n) is 14.5. The molecule has 2 N–H and O–H groups in total. The fraction of sp³-hybridized carbons (Fsp3) is 0.226. The highest BCUT2D eigenvalue weighted by Crippen LogP contribution is 2.51. The number of rotatable bonds is 15. The van der Waals surface area contributed by atoms with Crippen LogP contribution in [0.1, 0.15) is 83.9 Å². The number of ether oxygens (including phenoxy) is 3. The number of hydrogen-bond acceptors (Lipinski definition) is 16. The number of benzene rings is 4. The Bertz CT molecular complexity index is 3870. The van der Waals surface area contributed by atoms with E-state index in [2.05, 4.69) is 38.5 Å². The highest BCUT2D eigenvalue weighted by molar-refractivity contribution is 7.94. The molecule has 4 aliphatic rings. The van der Waals surface area contributed by atoms with Crippen LogP contribution in [-0.4, -0.2) is 123 Å². The Balaban J connectivity index is 0.000000211. The van der Waals surface area contributed by atoms with Crippen molar-refractivity contribution in [3.05, 3.63) is 244 Å². The summed E-state index contributed by atoms with van der Waals surface area (Å²) in [6.07, 6.45) is 5.80. The van der Waals surface area contributed by atoms with Gasteiger partial charge < -0.3 is 29.1 Å². The van der Waals surface area contributed by atoms with Gasteiger partial charge in [-0.15, -0.1) is 6.58 Å². The normalized spacial score (nSPS) is 20.4. The fourth-order valence-electron chi connectivity index (χ4n) is 10.1. The van der Waals surface area contributed by atoms with Crippen molar-refractivity contribution < 1.29 is 64.9 Å². The zero-order valence-corrected chi connectivity index (χ0v) is 48.4. The van der Waals surface area contributed by atoms with Gasteiger partial charge in [-0.2, -0.15) is 0 Å². The van der Waals surface area contributed by atoms with Crippen molar-refractivity contribution >= 4 is 73.3 Å². The lowest BCUT2D eigenvalue weighted by molar-refractivity contribution is -0.160. The first-order chi connectivity index (χ1) is 41.0. The van der Waals surface area contributed by atoms with Gasteiger partial charge in [0.25, 0.3) is 11.8 Å². The molecule has 6 heterocycles. The lowest BCUT2D eigenvalue weighted by atomic mass is 9.94. The van der Waals surface area contributed by atoms with Crippen molar-refractivity contribution in [2.24, 2.45) is 5.11 Å². The molecule has 442 valence electrons. The van der Waals surface area contributed by atoms with E-state index in [1.54, 1.807) is 48.5 Å². The van der Waals surface area contributed by atoms with E-state index in [4.69, 9.17) is 24.8 Å². The van der Waals surface area contributed by atoms with Crippen molar-refractivity contribution in [3.8, 4) is 0 Å². The van der Waals surface area contributed by atoms with Crippen molar-refractivity contribution in [1.82, 2.24) is 19.8 Å². The monoisotopic (exact) mass is 1200 g/mol. The van der Waals surface area contributed by atoms with Crippen LogP contribution >= 0.6 is 0 Å². The number of pyridine rings is 2. The molecule has 86 heavy (non-hydrogen) atoms. The van der Waals surface area contributed by atoms with E-state index in [9.17, 15) is 45.6 Å². The number of nitrogens with one attached hydrogen (secondary N) is 1. The third-order valence-corrected chi connectivity index (χ3v) is 20.0. The van der Waals surface area contributed by atoms with Gasteiger partial charge >= 0.3 is 18.0 Å². The number of carbonyl (C=O) groups is 6. The summed E-state index contributed by atoms with van der Waals surface area (Å²) >= 11 is 0. The first-order valence-electron chi connectivity index (χ1n) is 26.5. The molecular weight excluding hydrogens is 1140 g/mol. The minimum atomic E-state index is -4.09. The highest BCUT2D eigenvalue weighted by Gasteiger charge is 2.72. The second kappa shape index (κ2) is 26.0. The Labute approximate surface area is 495 Å². The molecule has 6 aromatic rings. The summed E-state index contributed by atoms with van der Waals surface area (Å²) in [5, 5.41) is 10.6. The molecule has 4 amide bonds. The van der Waals surface area contributed by atoms with Crippen molar-refractivity contribution in [2.75, 3.05) is 18.5 Å². The van der Waals surface area contributed by atoms with E-state index in [0.29, 0.717) is 27.9 Å². The summed E-state index contributed by atoms with van der Waals surface area (Å²) in [5.74, 6) is -3.79. The molecule has 0 radical (unpaired) electrons. The number of fused-ring (bicyclic) bond motifs is 2. The summed E-state index contributed by atoms with van der Waals surface area (Å²) < 4.78 is 68.3. The zero-order chi connectivity index (χ0) is 62.1. The van der Waals surface area contributed by atoms with E-state index in [0.717, 1.165) is 9.80 Å². The summed E-state index contributed by atoms with van der Waals surface area (Å²) in [6.45, 7) is 12.5. The van der Waals surface area contributed by atoms with Crippen LogP contribution in [0.2, 0.25) is 0 Å². The smallest absolute Gasteiger partial charge is 0.411 e. The molecular formula is C62H58N8O14S2. The Morgan fingerprint density at radius 3 is 1.41 bits per heavy atom. The molecule has 4 atom stereocenters. The van der Waals surface area contributed by atoms with Gasteiger partial charge in [0.2, 0.25) is 5.91 Å². The van der Waals surface area contributed by atoms with Crippen molar-refractivity contribution in [1.29, 1.82) is 0 Å². The lowest BCUT2D eigenvalue weighted by Crippen LogP contribution is -2.59. The SMILES string of the molecule is C=CCO.C=CCOC(=O)Nc1ccnc(/C=C2/C(=O)N3[C@@H](C(=O)OC(c4ccccc4)c4ccccc4)C(C)(C)S(=O)(=O)[C@H]23)c1.CC1(C)[C@H](C(=O)OC(c2ccccc2)c2ccccc2)N2C(=O)/C(=C/c3cc(C(=O)N=[N+]=[N-])ccn3)[C@H]2S1(=O)=O. The number of carbonyl (C=O) groups excluding carboxylic acids is 6. The first-order valence-corrected chi connectivity index (χ1v) is 29.6. The second-order valence-corrected chi connectivity index (χ2v) is 25.8. The number of nitrogens with zero attached hydrogens (tertiary/aromatic N) is 7. The molecule has 4 saturated heterocycles. The van der Waals surface area contributed by atoms with E-state index in [1.807, 2.05) is 72.8 Å². The summed E-state index contributed by atoms with van der Waals surface area (Å²) in [7, 11) is -8.14. The standard InChI is InChI=1S/C31H29N3O7S.C28H23N5O6S.C3H6O/c1-4-17-40-30(37)33-22-15-16-32-23(18-22)19-24-27(35)34-26(31(2,3)42(38,39)28(24)34)29(36)41-25(20-11-7-5-8-12-20)21-13-9-6-10-14-21;1-28(2)23(27(36)39-22(17-9-5-3-6-10-17)18-11-7-4-8-12-18)33-25(35)21(26(33)40(28,37)38)16-20-15-19(13-14-30-20)24(34)31-32-29;1-2-3-4/h4-16,18-19,25-26,28H,1,17H2,2-3H3,(H,32,33,37);3-16,22-23,26H,1-2H3;2,4H,1,3H2/b24-19-;21-16-;/t26-,28+;23-,26+;/m00./s1. The summed E-state index contributed by atoms with van der Waals surface area (Å²) in [4.78, 5) is 90.8. The summed E-state index contributed by atoms with van der Waals surface area (Å²) in [6, 6.07) is 39.1. The summed E-state index contributed by atoms with van der Waals surface area (Å²) in [5.41, 5.74) is 11.9. The molecule has 4 fully saturated rings. The largest absolute Gasteiger partial charge is 0.451 e. The van der Waals surface area contributed by atoms with Crippen LogP contribution in [0.15, 0.2) is 200 Å². The van der Waals surface area contributed by atoms with Gasteiger partial charge in [-0.1, -0.05) is 140 Å². The van der Waals surface area contributed by atoms with Crippen LogP contribution in [0.4, 0.5) is 10.5 Å². The molecule has 22 nitrogen and oxygen atoms in total. The predicted octanol–water partition coefficient (Wildman–Crippen LogP) is 8.43. The minimum absolute atomic E-state index is 0.0206. The number of amides is 4. The van der Waals surface area contributed by atoms with Gasteiger partial charge in [0.15, 0.2) is 54.7 Å². The van der Waals surface area contributed by atoms with Crippen LogP contribution in [0.3, 0.4) is 0 Å².